The molecule has 0 amide bonds. The lowest BCUT2D eigenvalue weighted by molar-refractivity contribution is 0.778. The lowest BCUT2D eigenvalue weighted by atomic mass is 10.2. The molecule has 0 bridgehead atoms. The van der Waals surface area contributed by atoms with E-state index in [1.807, 2.05) is 35.8 Å². The van der Waals surface area contributed by atoms with E-state index in [0.29, 0.717) is 49.5 Å². The Bertz CT molecular complexity index is 1250. The SMILES string of the molecule is CCn1c(-c2ccc(Cl)cc2)nc2c(=O)[nH]c(SCc3ccc(Cl)c(Cl)c3)nc21. The predicted octanol–water partition coefficient (Wildman–Crippen LogP) is 6.06. The van der Waals surface area contributed by atoms with Gasteiger partial charge in [-0.3, -0.25) is 9.78 Å². The van der Waals surface area contributed by atoms with E-state index in [2.05, 4.69) is 15.0 Å². The van der Waals surface area contributed by atoms with Crippen molar-refractivity contribution in [2.75, 3.05) is 0 Å². The summed E-state index contributed by atoms with van der Waals surface area (Å²) in [5.41, 5.74) is 2.46. The number of nitrogens with one attached hydrogen (secondary N) is 1. The molecule has 4 rings (SSSR count). The van der Waals surface area contributed by atoms with Crippen LogP contribution in [0.3, 0.4) is 0 Å². The third-order valence-corrected chi connectivity index (χ3v) is 6.30. The molecule has 5 nitrogen and oxygen atoms in total. The molecule has 0 saturated heterocycles. The molecule has 1 N–H and O–H groups in total. The second kappa shape index (κ2) is 8.40. The van der Waals surface area contributed by atoms with Crippen LogP contribution in [0.25, 0.3) is 22.6 Å². The minimum atomic E-state index is -0.269. The fourth-order valence-electron chi connectivity index (χ4n) is 2.96. The Morgan fingerprint density at radius 1 is 1.03 bits per heavy atom. The number of nitrogens with zero attached hydrogens (tertiary/aromatic N) is 3. The number of hydrogen-bond acceptors (Lipinski definition) is 4. The summed E-state index contributed by atoms with van der Waals surface area (Å²) in [6, 6.07) is 12.8. The van der Waals surface area contributed by atoms with Gasteiger partial charge in [0.1, 0.15) is 5.82 Å². The fraction of sp³-hybridized carbons (Fsp3) is 0.150. The first-order chi connectivity index (χ1) is 14.0. The first-order valence-electron chi connectivity index (χ1n) is 8.79. The standard InChI is InChI=1S/C20H15Cl3N4OS/c1-2-27-17(12-4-6-13(21)7-5-12)24-16-18(27)25-20(26-19(16)28)29-10-11-3-8-14(22)15(23)9-11/h3-9H,2,10H2,1H3,(H,25,26,28). The number of benzene rings is 2. The minimum absolute atomic E-state index is 0.269. The van der Waals surface area contributed by atoms with Gasteiger partial charge in [-0.1, -0.05) is 52.6 Å². The van der Waals surface area contributed by atoms with Gasteiger partial charge >= 0.3 is 0 Å². The van der Waals surface area contributed by atoms with Crippen LogP contribution in [0, 0.1) is 0 Å². The maximum Gasteiger partial charge on any atom is 0.279 e. The molecule has 4 aromatic rings. The highest BCUT2D eigenvalue weighted by atomic mass is 35.5. The monoisotopic (exact) mass is 464 g/mol. The summed E-state index contributed by atoms with van der Waals surface area (Å²) in [6.45, 7) is 2.62. The second-order valence-electron chi connectivity index (χ2n) is 6.27. The van der Waals surface area contributed by atoms with Gasteiger partial charge in [-0.2, -0.15) is 0 Å². The molecule has 148 valence electrons. The largest absolute Gasteiger partial charge is 0.309 e. The third kappa shape index (κ3) is 4.16. The van der Waals surface area contributed by atoms with Crippen molar-refractivity contribution in [3.63, 3.8) is 0 Å². The van der Waals surface area contributed by atoms with Crippen molar-refractivity contribution in [1.29, 1.82) is 0 Å². The van der Waals surface area contributed by atoms with Gasteiger partial charge in [-0.05, 0) is 48.9 Å². The zero-order valence-corrected chi connectivity index (χ0v) is 18.3. The van der Waals surface area contributed by atoms with Crippen molar-refractivity contribution in [3.8, 4) is 11.4 Å². The summed E-state index contributed by atoms with van der Waals surface area (Å²) in [6.07, 6.45) is 0. The molecule has 0 radical (unpaired) electrons. The Kier molecular flexibility index (Phi) is 5.88. The van der Waals surface area contributed by atoms with E-state index in [1.165, 1.54) is 11.8 Å². The van der Waals surface area contributed by atoms with Crippen LogP contribution in [0.5, 0.6) is 0 Å². The summed E-state index contributed by atoms with van der Waals surface area (Å²) < 4.78 is 1.93. The quantitative estimate of drug-likeness (QED) is 0.287. The van der Waals surface area contributed by atoms with E-state index in [4.69, 9.17) is 34.8 Å². The van der Waals surface area contributed by atoms with E-state index >= 15 is 0 Å². The molecule has 2 heterocycles. The number of aromatic amines is 1. The molecule has 0 fully saturated rings. The van der Waals surface area contributed by atoms with Crippen LogP contribution in [0.1, 0.15) is 12.5 Å². The number of hydrogen-bond donors (Lipinski definition) is 1. The zero-order valence-electron chi connectivity index (χ0n) is 15.2. The topological polar surface area (TPSA) is 63.6 Å². The Balaban J connectivity index is 1.71. The lowest BCUT2D eigenvalue weighted by Crippen LogP contribution is -2.10. The summed E-state index contributed by atoms with van der Waals surface area (Å²) in [7, 11) is 0. The third-order valence-electron chi connectivity index (χ3n) is 4.36. The van der Waals surface area contributed by atoms with Crippen molar-refractivity contribution >= 4 is 57.7 Å². The molecule has 2 aromatic heterocycles. The Morgan fingerprint density at radius 2 is 1.79 bits per heavy atom. The summed E-state index contributed by atoms with van der Waals surface area (Å²) in [5.74, 6) is 1.28. The molecule has 29 heavy (non-hydrogen) atoms. The van der Waals surface area contributed by atoms with Crippen molar-refractivity contribution in [1.82, 2.24) is 19.5 Å². The first kappa shape index (κ1) is 20.3. The lowest BCUT2D eigenvalue weighted by Gasteiger charge is -2.06. The number of imidazole rings is 1. The molecule has 0 saturated carbocycles. The highest BCUT2D eigenvalue weighted by molar-refractivity contribution is 7.98. The van der Waals surface area contributed by atoms with Crippen LogP contribution in [0.2, 0.25) is 15.1 Å². The zero-order chi connectivity index (χ0) is 20.5. The van der Waals surface area contributed by atoms with Gasteiger partial charge in [-0.25, -0.2) is 9.97 Å². The number of rotatable bonds is 5. The highest BCUT2D eigenvalue weighted by Gasteiger charge is 2.17. The Labute approximate surface area is 186 Å². The van der Waals surface area contributed by atoms with E-state index in [0.717, 1.165) is 11.1 Å². The average Bonchev–Trinajstić information content (AvgIpc) is 3.08. The van der Waals surface area contributed by atoms with E-state index < -0.39 is 0 Å². The second-order valence-corrected chi connectivity index (χ2v) is 8.48. The number of aromatic nitrogens is 4. The first-order valence-corrected chi connectivity index (χ1v) is 10.9. The molecule has 0 aliphatic heterocycles. The van der Waals surface area contributed by atoms with Gasteiger partial charge in [0.25, 0.3) is 5.56 Å². The van der Waals surface area contributed by atoms with Gasteiger partial charge in [-0.15, -0.1) is 0 Å². The number of H-pyrrole nitrogens is 1. The van der Waals surface area contributed by atoms with Crippen LogP contribution in [-0.2, 0) is 12.3 Å². The van der Waals surface area contributed by atoms with E-state index in [-0.39, 0.29) is 5.56 Å². The molecular formula is C20H15Cl3N4OS. The smallest absolute Gasteiger partial charge is 0.279 e. The molecule has 0 unspecified atom stereocenters. The van der Waals surface area contributed by atoms with Gasteiger partial charge in [0.15, 0.2) is 16.3 Å². The van der Waals surface area contributed by atoms with Gasteiger partial charge in [0.2, 0.25) is 0 Å². The van der Waals surface area contributed by atoms with Crippen LogP contribution < -0.4 is 5.56 Å². The number of aryl methyl sites for hydroxylation is 1. The Morgan fingerprint density at radius 3 is 2.48 bits per heavy atom. The van der Waals surface area contributed by atoms with Gasteiger partial charge in [0, 0.05) is 22.9 Å². The van der Waals surface area contributed by atoms with Crippen LogP contribution >= 0.6 is 46.6 Å². The average molecular weight is 466 g/mol. The summed E-state index contributed by atoms with van der Waals surface area (Å²) in [5, 5.41) is 2.17. The molecular weight excluding hydrogens is 451 g/mol. The Hall–Kier alpha value is -1.99. The van der Waals surface area contributed by atoms with Crippen LogP contribution in [-0.4, -0.2) is 19.5 Å². The summed E-state index contributed by atoms with van der Waals surface area (Å²) in [4.78, 5) is 24.6. The molecule has 2 aromatic carbocycles. The highest BCUT2D eigenvalue weighted by Crippen LogP contribution is 2.28. The fourth-order valence-corrected chi connectivity index (χ4v) is 4.20. The van der Waals surface area contributed by atoms with E-state index in [1.54, 1.807) is 18.2 Å². The number of halogens is 3. The van der Waals surface area contributed by atoms with Crippen molar-refractivity contribution in [2.45, 2.75) is 24.4 Å². The minimum Gasteiger partial charge on any atom is -0.309 e. The number of thioether (sulfide) groups is 1. The molecule has 0 atom stereocenters. The van der Waals surface area contributed by atoms with Crippen molar-refractivity contribution in [3.05, 3.63) is 73.4 Å². The van der Waals surface area contributed by atoms with Gasteiger partial charge < -0.3 is 4.57 Å². The number of fused-ring (bicyclic) bond motifs is 1. The molecule has 0 aliphatic rings. The maximum absolute atomic E-state index is 12.6. The summed E-state index contributed by atoms with van der Waals surface area (Å²) >= 11 is 19.4. The molecule has 0 spiro atoms. The normalized spacial score (nSPS) is 11.3. The van der Waals surface area contributed by atoms with E-state index in [9.17, 15) is 4.79 Å². The molecule has 0 aliphatic carbocycles. The molecule has 9 heteroatoms. The van der Waals surface area contributed by atoms with Crippen LogP contribution in [0.15, 0.2) is 52.4 Å². The predicted molar refractivity (Wildman–Crippen MR) is 120 cm³/mol. The van der Waals surface area contributed by atoms with Crippen LogP contribution in [0.4, 0.5) is 0 Å². The maximum atomic E-state index is 12.6. The van der Waals surface area contributed by atoms with Crippen molar-refractivity contribution in [2.24, 2.45) is 0 Å². The van der Waals surface area contributed by atoms with Gasteiger partial charge in [0.05, 0.1) is 10.0 Å². The van der Waals surface area contributed by atoms with Crippen molar-refractivity contribution < 1.29 is 0 Å².